The molecule has 1 amide bonds. The summed E-state index contributed by atoms with van der Waals surface area (Å²) in [6, 6.07) is 17.6. The Morgan fingerprint density at radius 3 is 2.25 bits per heavy atom. The monoisotopic (exact) mass is 507 g/mol. The van der Waals surface area contributed by atoms with Gasteiger partial charge in [0.2, 0.25) is 0 Å². The molecule has 0 saturated heterocycles. The van der Waals surface area contributed by atoms with Crippen LogP contribution in [0, 0.1) is 0 Å². The standard InChI is InChI=1S/C26H21NO8S/c28-23-13-17-7-8-18(25(30)27-14-15-5-9-19(10-6-15)36(33,34)35)12-21(17)24(29)22(23)11-16-3-1-2-4-20(16)26(31)32/h1-10,12-13,28-29H,11,14H2,(H,27,30)(H,31,32)(H,33,34,35). The third-order valence-corrected chi connectivity index (χ3v) is 6.62. The highest BCUT2D eigenvalue weighted by atomic mass is 32.2. The highest BCUT2D eigenvalue weighted by Crippen LogP contribution is 2.38. The molecule has 0 aromatic heterocycles. The van der Waals surface area contributed by atoms with Crippen molar-refractivity contribution in [1.82, 2.24) is 5.32 Å². The molecule has 36 heavy (non-hydrogen) atoms. The van der Waals surface area contributed by atoms with Crippen LogP contribution in [0.3, 0.4) is 0 Å². The summed E-state index contributed by atoms with van der Waals surface area (Å²) in [5.41, 5.74) is 1.42. The van der Waals surface area contributed by atoms with Gasteiger partial charge in [0.15, 0.2) is 0 Å². The van der Waals surface area contributed by atoms with Crippen molar-refractivity contribution in [3.8, 4) is 11.5 Å². The minimum absolute atomic E-state index is 0.0357. The predicted octanol–water partition coefficient (Wildman–Crippen LogP) is 3.72. The minimum atomic E-state index is -4.31. The third-order valence-electron chi connectivity index (χ3n) is 5.75. The van der Waals surface area contributed by atoms with Gasteiger partial charge >= 0.3 is 5.97 Å². The summed E-state index contributed by atoms with van der Waals surface area (Å²) in [5, 5.41) is 34.3. The third kappa shape index (κ3) is 5.14. The van der Waals surface area contributed by atoms with Crippen molar-refractivity contribution in [3.05, 3.63) is 101 Å². The van der Waals surface area contributed by atoms with E-state index in [4.69, 9.17) is 4.55 Å². The molecule has 0 spiro atoms. The Hall–Kier alpha value is -4.41. The lowest BCUT2D eigenvalue weighted by Crippen LogP contribution is -2.22. The number of aromatic carboxylic acids is 1. The number of phenolic OH excluding ortho intramolecular Hbond substituents is 2. The van der Waals surface area contributed by atoms with Gasteiger partial charge in [0, 0.05) is 29.5 Å². The first-order valence-electron chi connectivity index (χ1n) is 10.7. The molecule has 0 radical (unpaired) electrons. The zero-order valence-electron chi connectivity index (χ0n) is 18.7. The number of nitrogens with one attached hydrogen (secondary N) is 1. The molecule has 0 aliphatic carbocycles. The van der Waals surface area contributed by atoms with E-state index < -0.39 is 22.0 Å². The van der Waals surface area contributed by atoms with E-state index in [0.29, 0.717) is 21.9 Å². The smallest absolute Gasteiger partial charge is 0.335 e. The van der Waals surface area contributed by atoms with Gasteiger partial charge in [0.25, 0.3) is 16.0 Å². The molecule has 9 nitrogen and oxygen atoms in total. The summed E-state index contributed by atoms with van der Waals surface area (Å²) >= 11 is 0. The van der Waals surface area contributed by atoms with Crippen LogP contribution in [0.15, 0.2) is 77.7 Å². The number of carboxylic acid groups (broad SMARTS) is 1. The fraction of sp³-hybridized carbons (Fsp3) is 0.0769. The van der Waals surface area contributed by atoms with Crippen LogP contribution >= 0.6 is 0 Å². The fourth-order valence-corrected chi connectivity index (χ4v) is 4.34. The summed E-state index contributed by atoms with van der Waals surface area (Å²) in [5.74, 6) is -2.05. The van der Waals surface area contributed by atoms with Crippen LogP contribution in [-0.2, 0) is 23.1 Å². The van der Waals surface area contributed by atoms with Crippen LogP contribution in [0.2, 0.25) is 0 Å². The van der Waals surface area contributed by atoms with E-state index in [1.54, 1.807) is 24.3 Å². The van der Waals surface area contributed by atoms with Crippen molar-refractivity contribution in [2.75, 3.05) is 0 Å². The molecule has 0 unspecified atom stereocenters. The zero-order chi connectivity index (χ0) is 26.0. The number of aromatic hydroxyl groups is 2. The average Bonchev–Trinajstić information content (AvgIpc) is 2.84. The molecule has 5 N–H and O–H groups in total. The van der Waals surface area contributed by atoms with Gasteiger partial charge in [0.05, 0.1) is 10.5 Å². The van der Waals surface area contributed by atoms with Gasteiger partial charge in [-0.05, 0) is 52.9 Å². The SMILES string of the molecule is O=C(NCc1ccc(S(=O)(=O)O)cc1)c1ccc2cc(O)c(Cc3ccccc3C(=O)O)c(O)c2c1. The number of carboxylic acids is 1. The molecule has 10 heteroatoms. The molecule has 4 rings (SSSR count). The zero-order valence-corrected chi connectivity index (χ0v) is 19.5. The quantitative estimate of drug-likeness (QED) is 0.237. The van der Waals surface area contributed by atoms with E-state index in [9.17, 15) is 33.3 Å². The van der Waals surface area contributed by atoms with Crippen LogP contribution < -0.4 is 5.32 Å². The second-order valence-electron chi connectivity index (χ2n) is 8.10. The van der Waals surface area contributed by atoms with Crippen molar-refractivity contribution in [2.24, 2.45) is 0 Å². The number of carbonyl (C=O) groups is 2. The maximum atomic E-state index is 12.7. The summed E-state index contributed by atoms with van der Waals surface area (Å²) in [6.45, 7) is 0.0847. The Labute approximate surface area is 206 Å². The molecule has 0 heterocycles. The lowest BCUT2D eigenvalue weighted by Gasteiger charge is -2.13. The van der Waals surface area contributed by atoms with E-state index in [-0.39, 0.29) is 46.1 Å². The Bertz CT molecular complexity index is 1590. The van der Waals surface area contributed by atoms with E-state index >= 15 is 0 Å². The van der Waals surface area contributed by atoms with Gasteiger partial charge in [-0.25, -0.2) is 4.79 Å². The number of hydrogen-bond donors (Lipinski definition) is 5. The maximum Gasteiger partial charge on any atom is 0.335 e. The number of hydrogen-bond acceptors (Lipinski definition) is 6. The summed E-state index contributed by atoms with van der Waals surface area (Å²) < 4.78 is 31.3. The van der Waals surface area contributed by atoms with E-state index in [1.165, 1.54) is 48.5 Å². The van der Waals surface area contributed by atoms with Crippen molar-refractivity contribution in [3.63, 3.8) is 0 Å². The molecule has 0 atom stereocenters. The maximum absolute atomic E-state index is 12.7. The normalized spacial score (nSPS) is 11.4. The lowest BCUT2D eigenvalue weighted by molar-refractivity contribution is 0.0695. The fourth-order valence-electron chi connectivity index (χ4n) is 3.86. The molecular weight excluding hydrogens is 486 g/mol. The van der Waals surface area contributed by atoms with Crippen LogP contribution in [0.5, 0.6) is 11.5 Å². The number of fused-ring (bicyclic) bond motifs is 1. The number of phenols is 2. The lowest BCUT2D eigenvalue weighted by atomic mass is 9.95. The Morgan fingerprint density at radius 1 is 0.889 bits per heavy atom. The highest BCUT2D eigenvalue weighted by Gasteiger charge is 2.18. The summed E-state index contributed by atoms with van der Waals surface area (Å²) in [6.07, 6.45) is -0.0357. The topological polar surface area (TPSA) is 161 Å². The van der Waals surface area contributed by atoms with Crippen molar-refractivity contribution in [1.29, 1.82) is 0 Å². The Balaban J connectivity index is 1.59. The molecular formula is C26H21NO8S. The van der Waals surface area contributed by atoms with Gasteiger partial charge < -0.3 is 20.6 Å². The second kappa shape index (κ2) is 9.68. The number of benzene rings is 4. The van der Waals surface area contributed by atoms with Gasteiger partial charge in [-0.3, -0.25) is 9.35 Å². The average molecular weight is 508 g/mol. The molecule has 0 aliphatic rings. The van der Waals surface area contributed by atoms with Crippen molar-refractivity contribution < 1.29 is 37.9 Å². The second-order valence-corrected chi connectivity index (χ2v) is 9.52. The first-order chi connectivity index (χ1) is 17.0. The Kier molecular flexibility index (Phi) is 6.65. The molecule has 0 aliphatic heterocycles. The number of rotatable bonds is 7. The van der Waals surface area contributed by atoms with E-state index in [1.807, 2.05) is 0 Å². The van der Waals surface area contributed by atoms with Crippen LogP contribution in [0.25, 0.3) is 10.8 Å². The summed E-state index contributed by atoms with van der Waals surface area (Å²) in [4.78, 5) is 24.0. The molecule has 4 aromatic carbocycles. The minimum Gasteiger partial charge on any atom is -0.507 e. The van der Waals surface area contributed by atoms with Crippen LogP contribution in [0.1, 0.15) is 37.4 Å². The molecule has 184 valence electrons. The predicted molar refractivity (Wildman–Crippen MR) is 131 cm³/mol. The first kappa shape index (κ1) is 24.7. The summed E-state index contributed by atoms with van der Waals surface area (Å²) in [7, 11) is -4.31. The Morgan fingerprint density at radius 2 is 1.58 bits per heavy atom. The number of amides is 1. The highest BCUT2D eigenvalue weighted by molar-refractivity contribution is 7.85. The van der Waals surface area contributed by atoms with Crippen LogP contribution in [0.4, 0.5) is 0 Å². The van der Waals surface area contributed by atoms with Crippen molar-refractivity contribution >= 4 is 32.8 Å². The van der Waals surface area contributed by atoms with Gasteiger partial charge in [0.1, 0.15) is 11.5 Å². The molecule has 0 fully saturated rings. The van der Waals surface area contributed by atoms with Gasteiger partial charge in [-0.2, -0.15) is 8.42 Å². The van der Waals surface area contributed by atoms with E-state index in [0.717, 1.165) is 0 Å². The number of carbonyl (C=O) groups excluding carboxylic acids is 1. The first-order valence-corrected chi connectivity index (χ1v) is 12.1. The molecule has 4 aromatic rings. The van der Waals surface area contributed by atoms with Gasteiger partial charge in [-0.1, -0.05) is 36.4 Å². The van der Waals surface area contributed by atoms with Gasteiger partial charge in [-0.15, -0.1) is 0 Å². The molecule has 0 saturated carbocycles. The molecule has 0 bridgehead atoms. The van der Waals surface area contributed by atoms with Crippen molar-refractivity contribution in [2.45, 2.75) is 17.9 Å². The van der Waals surface area contributed by atoms with E-state index in [2.05, 4.69) is 5.32 Å². The largest absolute Gasteiger partial charge is 0.507 e. The van der Waals surface area contributed by atoms with Crippen LogP contribution in [-0.4, -0.2) is 40.2 Å².